The van der Waals surface area contributed by atoms with E-state index in [-0.39, 0.29) is 5.91 Å². The summed E-state index contributed by atoms with van der Waals surface area (Å²) in [5.41, 5.74) is 1.16. The van der Waals surface area contributed by atoms with Crippen molar-refractivity contribution in [1.82, 2.24) is 10.2 Å². The number of carbonyl (C=O) groups excluding carboxylic acids is 1. The van der Waals surface area contributed by atoms with Crippen LogP contribution in [0.4, 0.5) is 5.13 Å². The molecule has 1 N–H and O–H groups in total. The molecule has 9 heteroatoms. The maximum atomic E-state index is 12.1. The lowest BCUT2D eigenvalue weighted by molar-refractivity contribution is 0.102. The standard InChI is InChI=1S/C16H10Cl3N3OS2/c17-16(18,19)11-6-8-12(9-7-11)24-15-22-21-14(25-15)20-13(23)10-4-2-1-3-5-10/h1-9H,(H,20,21,23). The fourth-order valence-corrected chi connectivity index (χ4v) is 3.97. The Kier molecular flexibility index (Phi) is 5.86. The lowest BCUT2D eigenvalue weighted by Crippen LogP contribution is -2.11. The number of nitrogens with one attached hydrogen (secondary N) is 1. The molecule has 25 heavy (non-hydrogen) atoms. The van der Waals surface area contributed by atoms with Crippen molar-refractivity contribution in [3.05, 3.63) is 65.7 Å². The van der Waals surface area contributed by atoms with Crippen LogP contribution in [0.2, 0.25) is 0 Å². The van der Waals surface area contributed by atoms with Crippen molar-refractivity contribution >= 4 is 68.9 Å². The van der Waals surface area contributed by atoms with Crippen molar-refractivity contribution in [2.75, 3.05) is 5.32 Å². The minimum Gasteiger partial charge on any atom is -0.296 e. The van der Waals surface area contributed by atoms with Gasteiger partial charge in [0, 0.05) is 16.0 Å². The van der Waals surface area contributed by atoms with E-state index in [0.29, 0.717) is 20.6 Å². The number of rotatable bonds is 4. The average molecular weight is 431 g/mol. The summed E-state index contributed by atoms with van der Waals surface area (Å²) in [6.45, 7) is 0. The number of aromatic nitrogens is 2. The highest BCUT2D eigenvalue weighted by Crippen LogP contribution is 2.39. The van der Waals surface area contributed by atoms with Crippen LogP contribution < -0.4 is 5.32 Å². The van der Waals surface area contributed by atoms with Crippen molar-refractivity contribution < 1.29 is 4.79 Å². The zero-order chi connectivity index (χ0) is 17.9. The molecule has 3 aromatic rings. The molecule has 0 radical (unpaired) electrons. The highest BCUT2D eigenvalue weighted by atomic mass is 35.6. The molecule has 0 spiro atoms. The second-order valence-corrected chi connectivity index (χ2v) is 9.40. The lowest BCUT2D eigenvalue weighted by Gasteiger charge is -2.10. The quantitative estimate of drug-likeness (QED) is 0.422. The SMILES string of the molecule is O=C(Nc1nnc(Sc2ccc(C(Cl)(Cl)Cl)cc2)s1)c1ccccc1. The van der Waals surface area contributed by atoms with Crippen LogP contribution in [0.1, 0.15) is 15.9 Å². The molecule has 0 bridgehead atoms. The van der Waals surface area contributed by atoms with Crippen LogP contribution in [0.15, 0.2) is 63.8 Å². The first-order valence-electron chi connectivity index (χ1n) is 6.97. The molecule has 0 aliphatic heterocycles. The van der Waals surface area contributed by atoms with Gasteiger partial charge in [0.1, 0.15) is 0 Å². The number of nitrogens with zero attached hydrogens (tertiary/aromatic N) is 2. The summed E-state index contributed by atoms with van der Waals surface area (Å²) in [6, 6.07) is 16.1. The van der Waals surface area contributed by atoms with Crippen LogP contribution in [0.25, 0.3) is 0 Å². The predicted molar refractivity (Wildman–Crippen MR) is 104 cm³/mol. The van der Waals surface area contributed by atoms with E-state index in [4.69, 9.17) is 34.8 Å². The number of anilines is 1. The Bertz CT molecular complexity index is 864. The molecule has 0 aliphatic carbocycles. The molecule has 0 saturated carbocycles. The number of hydrogen-bond acceptors (Lipinski definition) is 5. The highest BCUT2D eigenvalue weighted by molar-refractivity contribution is 8.01. The molecule has 0 atom stereocenters. The molecule has 2 aromatic carbocycles. The fourth-order valence-electron chi connectivity index (χ4n) is 1.87. The monoisotopic (exact) mass is 429 g/mol. The van der Waals surface area contributed by atoms with E-state index in [1.807, 2.05) is 18.2 Å². The minimum atomic E-state index is -1.44. The Morgan fingerprint density at radius 2 is 1.68 bits per heavy atom. The fraction of sp³-hybridized carbons (Fsp3) is 0.0625. The van der Waals surface area contributed by atoms with E-state index in [1.165, 1.54) is 23.1 Å². The summed E-state index contributed by atoms with van der Waals surface area (Å²) in [7, 11) is 0. The highest BCUT2D eigenvalue weighted by Gasteiger charge is 2.22. The number of carbonyl (C=O) groups is 1. The molecular weight excluding hydrogens is 421 g/mol. The molecule has 1 amide bonds. The normalized spacial score (nSPS) is 11.3. The summed E-state index contributed by atoms with van der Waals surface area (Å²) >= 11 is 20.2. The molecule has 128 valence electrons. The third kappa shape index (κ3) is 5.09. The van der Waals surface area contributed by atoms with Crippen molar-refractivity contribution in [2.45, 2.75) is 13.0 Å². The third-order valence-electron chi connectivity index (χ3n) is 3.05. The average Bonchev–Trinajstić information content (AvgIpc) is 3.02. The van der Waals surface area contributed by atoms with Crippen LogP contribution in [0.5, 0.6) is 0 Å². The Balaban J connectivity index is 1.65. The summed E-state index contributed by atoms with van der Waals surface area (Å²) in [6.07, 6.45) is 0. The number of alkyl halides is 3. The first kappa shape index (κ1) is 18.5. The van der Waals surface area contributed by atoms with Gasteiger partial charge in [-0.25, -0.2) is 0 Å². The van der Waals surface area contributed by atoms with Gasteiger partial charge < -0.3 is 0 Å². The van der Waals surface area contributed by atoms with E-state index in [9.17, 15) is 4.79 Å². The molecule has 4 nitrogen and oxygen atoms in total. The maximum absolute atomic E-state index is 12.1. The van der Waals surface area contributed by atoms with Crippen LogP contribution in [-0.2, 0) is 3.79 Å². The second-order valence-electron chi connectivity index (χ2n) is 4.82. The predicted octanol–water partition coefficient (Wildman–Crippen LogP) is 5.77. The van der Waals surface area contributed by atoms with Crippen LogP contribution in [-0.4, -0.2) is 16.1 Å². The van der Waals surface area contributed by atoms with Crippen molar-refractivity contribution in [2.24, 2.45) is 0 Å². The van der Waals surface area contributed by atoms with E-state index >= 15 is 0 Å². The number of hydrogen-bond donors (Lipinski definition) is 1. The molecule has 3 rings (SSSR count). The Morgan fingerprint density at radius 1 is 1.00 bits per heavy atom. The van der Waals surface area contributed by atoms with Gasteiger partial charge in [0.05, 0.1) is 0 Å². The first-order chi connectivity index (χ1) is 11.9. The van der Waals surface area contributed by atoms with Crippen molar-refractivity contribution in [1.29, 1.82) is 0 Å². The van der Waals surface area contributed by atoms with E-state index in [0.717, 1.165) is 4.90 Å². The zero-order valence-corrected chi connectivity index (χ0v) is 16.3. The van der Waals surface area contributed by atoms with E-state index in [1.54, 1.807) is 36.4 Å². The second kappa shape index (κ2) is 7.93. The van der Waals surface area contributed by atoms with Gasteiger partial charge in [0.25, 0.3) is 5.91 Å². The van der Waals surface area contributed by atoms with Gasteiger partial charge in [-0.05, 0) is 24.3 Å². The Morgan fingerprint density at radius 3 is 2.32 bits per heavy atom. The summed E-state index contributed by atoms with van der Waals surface area (Å²) in [4.78, 5) is 13.0. The number of halogens is 3. The Labute approximate surface area is 167 Å². The molecule has 0 fully saturated rings. The minimum absolute atomic E-state index is 0.222. The first-order valence-corrected chi connectivity index (χ1v) is 9.73. The van der Waals surface area contributed by atoms with Gasteiger partial charge in [0.2, 0.25) is 8.92 Å². The van der Waals surface area contributed by atoms with Crippen molar-refractivity contribution in [3.8, 4) is 0 Å². The molecule has 1 heterocycles. The third-order valence-corrected chi connectivity index (χ3v) is 5.60. The molecule has 0 aliphatic rings. The summed E-state index contributed by atoms with van der Waals surface area (Å²) in [5.74, 6) is -0.222. The van der Waals surface area contributed by atoms with Crippen LogP contribution in [0, 0.1) is 0 Å². The van der Waals surface area contributed by atoms with Gasteiger partial charge in [0.15, 0.2) is 4.34 Å². The van der Waals surface area contributed by atoms with Gasteiger partial charge in [-0.1, -0.05) is 88.2 Å². The molecule has 0 unspecified atom stereocenters. The number of benzene rings is 2. The summed E-state index contributed by atoms with van der Waals surface area (Å²) < 4.78 is -0.745. The zero-order valence-electron chi connectivity index (χ0n) is 12.4. The van der Waals surface area contributed by atoms with Crippen LogP contribution >= 0.6 is 57.9 Å². The smallest absolute Gasteiger partial charge is 0.257 e. The molecule has 0 saturated heterocycles. The van der Waals surface area contributed by atoms with Gasteiger partial charge >= 0.3 is 0 Å². The lowest BCUT2D eigenvalue weighted by atomic mass is 10.2. The molecular formula is C16H10Cl3N3OS2. The van der Waals surface area contributed by atoms with E-state index in [2.05, 4.69) is 15.5 Å². The topological polar surface area (TPSA) is 54.9 Å². The Hall–Kier alpha value is -1.31. The maximum Gasteiger partial charge on any atom is 0.257 e. The van der Waals surface area contributed by atoms with Gasteiger partial charge in [-0.3, -0.25) is 10.1 Å². The van der Waals surface area contributed by atoms with Gasteiger partial charge in [-0.2, -0.15) is 0 Å². The van der Waals surface area contributed by atoms with Crippen molar-refractivity contribution in [3.63, 3.8) is 0 Å². The van der Waals surface area contributed by atoms with Crippen LogP contribution in [0.3, 0.4) is 0 Å². The largest absolute Gasteiger partial charge is 0.296 e. The van der Waals surface area contributed by atoms with Gasteiger partial charge in [-0.15, -0.1) is 10.2 Å². The molecule has 1 aromatic heterocycles. The number of amides is 1. The summed E-state index contributed by atoms with van der Waals surface area (Å²) in [5, 5.41) is 11.2. The van der Waals surface area contributed by atoms with E-state index < -0.39 is 3.79 Å².